The van der Waals surface area contributed by atoms with Gasteiger partial charge in [0.05, 0.1) is 24.4 Å². The number of pyridine rings is 1. The highest BCUT2D eigenvalue weighted by Gasteiger charge is 2.31. The topological polar surface area (TPSA) is 135 Å². The molecule has 0 bridgehead atoms. The number of fused-ring (bicyclic) bond motifs is 1. The number of anilines is 3. The Hall–Kier alpha value is -3.44. The summed E-state index contributed by atoms with van der Waals surface area (Å²) in [6.45, 7) is 0. The van der Waals surface area contributed by atoms with Crippen LogP contribution in [-0.4, -0.2) is 62.6 Å². The van der Waals surface area contributed by atoms with Crippen LogP contribution in [0.4, 0.5) is 17.3 Å². The maximum atomic E-state index is 13.3. The van der Waals surface area contributed by atoms with E-state index in [2.05, 4.69) is 26.0 Å². The van der Waals surface area contributed by atoms with Gasteiger partial charge in [-0.05, 0) is 50.7 Å². The molecule has 2 saturated carbocycles. The Morgan fingerprint density at radius 3 is 2.66 bits per heavy atom. The minimum atomic E-state index is -0.524. The van der Waals surface area contributed by atoms with Gasteiger partial charge in [0.1, 0.15) is 22.9 Å². The van der Waals surface area contributed by atoms with Crippen molar-refractivity contribution in [3.63, 3.8) is 0 Å². The number of aromatic nitrogens is 4. The second-order valence-corrected chi connectivity index (χ2v) is 9.22. The highest BCUT2D eigenvalue weighted by atomic mass is 16.5. The van der Waals surface area contributed by atoms with Crippen molar-refractivity contribution in [3.05, 3.63) is 46.5 Å². The van der Waals surface area contributed by atoms with Crippen LogP contribution in [0.25, 0.3) is 5.65 Å². The normalized spacial score (nSPS) is 24.1. The molecule has 0 aromatic carbocycles. The largest absolute Gasteiger partial charge is 0.391 e. The second-order valence-electron chi connectivity index (χ2n) is 9.22. The van der Waals surface area contributed by atoms with Gasteiger partial charge in [-0.25, -0.2) is 4.98 Å². The second kappa shape index (κ2) is 9.67. The zero-order chi connectivity index (χ0) is 24.5. The van der Waals surface area contributed by atoms with E-state index in [-0.39, 0.29) is 29.7 Å². The van der Waals surface area contributed by atoms with Gasteiger partial charge in [-0.2, -0.15) is 9.61 Å². The lowest BCUT2D eigenvalue weighted by atomic mass is 9.89. The van der Waals surface area contributed by atoms with E-state index in [4.69, 9.17) is 4.74 Å². The molecule has 4 N–H and O–H groups in total. The molecule has 0 radical (unpaired) electrons. The molecule has 0 spiro atoms. The van der Waals surface area contributed by atoms with Crippen LogP contribution in [0.15, 0.2) is 35.4 Å². The van der Waals surface area contributed by atoms with Gasteiger partial charge in [0.25, 0.3) is 11.5 Å². The van der Waals surface area contributed by atoms with E-state index in [9.17, 15) is 14.7 Å². The Kier molecular flexibility index (Phi) is 6.44. The van der Waals surface area contributed by atoms with Gasteiger partial charge in [-0.15, -0.1) is 0 Å². The molecule has 0 saturated heterocycles. The predicted octanol–water partition coefficient (Wildman–Crippen LogP) is 2.06. The Bertz CT molecular complexity index is 1280. The highest BCUT2D eigenvalue weighted by Crippen LogP contribution is 2.29. The zero-order valence-corrected chi connectivity index (χ0v) is 19.9. The van der Waals surface area contributed by atoms with Crippen LogP contribution >= 0.6 is 0 Å². The summed E-state index contributed by atoms with van der Waals surface area (Å²) in [6.07, 6.45) is 8.07. The number of amides is 1. The van der Waals surface area contributed by atoms with Gasteiger partial charge in [-0.1, -0.05) is 0 Å². The number of nitrogens with zero attached hydrogens (tertiary/aromatic N) is 4. The molecular formula is C24H31N7O4. The SMILES string of the molecule is CNc1cc(Nc2cccn([C@H]3CC[C@H](OC)CC3)c2=O)nc2c(C(=O)N[C@@H]3CC[C@@H]3O)cnn12. The molecule has 0 unspecified atom stereocenters. The van der Waals surface area contributed by atoms with Gasteiger partial charge < -0.3 is 30.4 Å². The number of aliphatic hydroxyl groups is 1. The third kappa shape index (κ3) is 4.48. The van der Waals surface area contributed by atoms with Crippen molar-refractivity contribution in [1.29, 1.82) is 0 Å². The molecule has 35 heavy (non-hydrogen) atoms. The predicted molar refractivity (Wildman–Crippen MR) is 131 cm³/mol. The van der Waals surface area contributed by atoms with Crippen LogP contribution in [0.1, 0.15) is 54.9 Å². The fourth-order valence-electron chi connectivity index (χ4n) is 4.85. The first-order valence-corrected chi connectivity index (χ1v) is 12.0. The molecule has 2 aliphatic rings. The maximum absolute atomic E-state index is 13.3. The summed E-state index contributed by atoms with van der Waals surface area (Å²) in [5.74, 6) is 0.677. The lowest BCUT2D eigenvalue weighted by molar-refractivity contribution is 0.0448. The molecule has 2 aliphatic carbocycles. The average molecular weight is 482 g/mol. The van der Waals surface area contributed by atoms with Crippen LogP contribution in [0.5, 0.6) is 0 Å². The molecule has 0 aliphatic heterocycles. The van der Waals surface area contributed by atoms with Crippen LogP contribution in [0.2, 0.25) is 0 Å². The summed E-state index contributed by atoms with van der Waals surface area (Å²) in [4.78, 5) is 30.7. The highest BCUT2D eigenvalue weighted by molar-refractivity contribution is 6.00. The summed E-state index contributed by atoms with van der Waals surface area (Å²) in [5, 5.41) is 23.2. The van der Waals surface area contributed by atoms with Crippen molar-refractivity contribution in [1.82, 2.24) is 24.5 Å². The van der Waals surface area contributed by atoms with E-state index in [1.165, 1.54) is 10.7 Å². The van der Waals surface area contributed by atoms with Crippen LogP contribution in [-0.2, 0) is 4.74 Å². The first-order chi connectivity index (χ1) is 17.0. The number of hydrogen-bond donors (Lipinski definition) is 4. The van der Waals surface area contributed by atoms with E-state index < -0.39 is 6.10 Å². The fraction of sp³-hybridized carbons (Fsp3) is 0.500. The average Bonchev–Trinajstić information content (AvgIpc) is 3.31. The minimum Gasteiger partial charge on any atom is -0.391 e. The summed E-state index contributed by atoms with van der Waals surface area (Å²) >= 11 is 0. The smallest absolute Gasteiger partial charge is 0.274 e. The van der Waals surface area contributed by atoms with Crippen LogP contribution in [0, 0.1) is 0 Å². The van der Waals surface area contributed by atoms with Gasteiger partial charge in [0.15, 0.2) is 5.65 Å². The Morgan fingerprint density at radius 1 is 1.20 bits per heavy atom. The number of nitrogens with one attached hydrogen (secondary N) is 3. The van der Waals surface area contributed by atoms with E-state index >= 15 is 0 Å². The number of carbonyl (C=O) groups is 1. The van der Waals surface area contributed by atoms with Gasteiger partial charge >= 0.3 is 0 Å². The summed E-state index contributed by atoms with van der Waals surface area (Å²) in [5.41, 5.74) is 0.930. The third-order valence-electron chi connectivity index (χ3n) is 7.13. The zero-order valence-electron chi connectivity index (χ0n) is 19.9. The Labute approximate surface area is 202 Å². The molecule has 3 heterocycles. The molecule has 3 aromatic heterocycles. The number of carbonyl (C=O) groups excluding carboxylic acids is 1. The first-order valence-electron chi connectivity index (χ1n) is 12.0. The molecule has 1 amide bonds. The van der Waals surface area contributed by atoms with Crippen molar-refractivity contribution in [3.8, 4) is 0 Å². The fourth-order valence-corrected chi connectivity index (χ4v) is 4.85. The molecule has 11 nitrogen and oxygen atoms in total. The van der Waals surface area contributed by atoms with Crippen molar-refractivity contribution in [2.75, 3.05) is 24.8 Å². The van der Waals surface area contributed by atoms with Gasteiger partial charge in [0, 0.05) is 32.5 Å². The lowest BCUT2D eigenvalue weighted by Gasteiger charge is -2.32. The van der Waals surface area contributed by atoms with Gasteiger partial charge in [-0.3, -0.25) is 9.59 Å². The van der Waals surface area contributed by atoms with Crippen LogP contribution in [0.3, 0.4) is 0 Å². The molecule has 3 aromatic rings. The molecule has 2 atom stereocenters. The van der Waals surface area contributed by atoms with Crippen LogP contribution < -0.4 is 21.5 Å². The Morgan fingerprint density at radius 2 is 2.00 bits per heavy atom. The maximum Gasteiger partial charge on any atom is 0.274 e. The quantitative estimate of drug-likeness (QED) is 0.403. The first kappa shape index (κ1) is 23.3. The summed E-state index contributed by atoms with van der Waals surface area (Å²) < 4.78 is 8.78. The van der Waals surface area contributed by atoms with Crippen molar-refractivity contribution in [2.24, 2.45) is 0 Å². The van der Waals surface area contributed by atoms with Crippen molar-refractivity contribution >= 4 is 28.9 Å². The molecule has 11 heteroatoms. The standard InChI is InChI=1S/C24H31N7O4/c1-25-21-12-20(29-22-16(13-26-31(21)22)23(33)28-17-9-10-19(17)32)27-18-4-3-11-30(24(18)34)14-5-7-15(35-2)8-6-14/h3-4,11-15,17,19,25,32H,5-10H2,1-2H3,(H,27,29)(H,28,33)/t14-,15-,17-,19+/m1/s1. The minimum absolute atomic E-state index is 0.119. The van der Waals surface area contributed by atoms with E-state index in [1.54, 1.807) is 30.9 Å². The molecule has 2 fully saturated rings. The number of aliphatic hydroxyl groups excluding tert-OH is 1. The van der Waals surface area contributed by atoms with E-state index in [0.29, 0.717) is 35.0 Å². The number of methoxy groups -OCH3 is 1. The number of hydrogen-bond acceptors (Lipinski definition) is 8. The molecule has 5 rings (SSSR count). The van der Waals surface area contributed by atoms with Crippen molar-refractivity contribution < 1.29 is 14.6 Å². The lowest BCUT2D eigenvalue weighted by Crippen LogP contribution is -2.50. The molecular weight excluding hydrogens is 450 g/mol. The van der Waals surface area contributed by atoms with Gasteiger partial charge in [0.2, 0.25) is 0 Å². The summed E-state index contributed by atoms with van der Waals surface area (Å²) in [7, 11) is 3.48. The third-order valence-corrected chi connectivity index (χ3v) is 7.13. The molecule has 186 valence electrons. The monoisotopic (exact) mass is 481 g/mol. The number of rotatable bonds is 7. The Balaban J connectivity index is 1.42. The van der Waals surface area contributed by atoms with Crippen molar-refractivity contribution in [2.45, 2.75) is 62.8 Å². The summed E-state index contributed by atoms with van der Waals surface area (Å²) in [6, 6.07) is 5.19. The van der Waals surface area contributed by atoms with E-state index in [1.807, 2.05) is 12.3 Å². The van der Waals surface area contributed by atoms with E-state index in [0.717, 1.165) is 32.1 Å². The number of ether oxygens (including phenoxy) is 1.